The van der Waals surface area contributed by atoms with E-state index in [-0.39, 0.29) is 18.5 Å². The second kappa shape index (κ2) is 3.36. The number of methoxy groups -OCH3 is 1. The van der Waals surface area contributed by atoms with Crippen LogP contribution in [0.15, 0.2) is 4.99 Å². The zero-order valence-electron chi connectivity index (χ0n) is 8.46. The Hall–Kier alpha value is -1.06. The summed E-state index contributed by atoms with van der Waals surface area (Å²) in [6, 6.07) is 0. The van der Waals surface area contributed by atoms with Crippen molar-refractivity contribution < 1.29 is 14.3 Å². The number of carbonyl (C=O) groups excluding carboxylic acids is 1. The molecular weight excluding hydrogens is 170 g/mol. The van der Waals surface area contributed by atoms with E-state index >= 15 is 0 Å². The van der Waals surface area contributed by atoms with Crippen LogP contribution in [-0.2, 0) is 14.3 Å². The molecule has 0 saturated carbocycles. The topological polar surface area (TPSA) is 47.9 Å². The molecule has 0 amide bonds. The first-order chi connectivity index (χ1) is 5.99. The summed E-state index contributed by atoms with van der Waals surface area (Å²) in [7, 11) is 1.36. The van der Waals surface area contributed by atoms with E-state index in [0.29, 0.717) is 5.90 Å². The molecule has 13 heavy (non-hydrogen) atoms. The fourth-order valence-corrected chi connectivity index (χ4v) is 1.14. The van der Waals surface area contributed by atoms with Crippen LogP contribution in [0.3, 0.4) is 0 Å². The Bertz CT molecular complexity index is 247. The summed E-state index contributed by atoms with van der Waals surface area (Å²) in [5, 5.41) is 0. The van der Waals surface area contributed by atoms with Gasteiger partial charge in [-0.25, -0.2) is 9.79 Å². The van der Waals surface area contributed by atoms with E-state index in [1.54, 1.807) is 6.92 Å². The molecule has 0 N–H and O–H groups in total. The van der Waals surface area contributed by atoms with Crippen molar-refractivity contribution in [3.05, 3.63) is 0 Å². The highest BCUT2D eigenvalue weighted by molar-refractivity contribution is 5.89. The van der Waals surface area contributed by atoms with E-state index in [1.807, 2.05) is 13.8 Å². The van der Waals surface area contributed by atoms with Gasteiger partial charge in [-0.15, -0.1) is 0 Å². The van der Waals surface area contributed by atoms with Crippen molar-refractivity contribution >= 4 is 11.9 Å². The maximum absolute atomic E-state index is 11.3. The first-order valence-electron chi connectivity index (χ1n) is 4.30. The van der Waals surface area contributed by atoms with Crippen LogP contribution in [0.5, 0.6) is 0 Å². The lowest BCUT2D eigenvalue weighted by atomic mass is 10.1. The van der Waals surface area contributed by atoms with Gasteiger partial charge in [0, 0.05) is 5.92 Å². The van der Waals surface area contributed by atoms with E-state index in [4.69, 9.17) is 4.74 Å². The summed E-state index contributed by atoms with van der Waals surface area (Å²) in [5.74, 6) is 0.502. The van der Waals surface area contributed by atoms with Crippen molar-refractivity contribution in [3.63, 3.8) is 0 Å². The summed E-state index contributed by atoms with van der Waals surface area (Å²) < 4.78 is 9.94. The molecule has 0 aromatic rings. The molecule has 0 radical (unpaired) electrons. The highest BCUT2D eigenvalue weighted by Crippen LogP contribution is 2.22. The number of carbonyl (C=O) groups is 1. The summed E-state index contributed by atoms with van der Waals surface area (Å²) in [6.07, 6.45) is 0. The largest absolute Gasteiger partial charge is 0.478 e. The van der Waals surface area contributed by atoms with Gasteiger partial charge in [0.15, 0.2) is 11.4 Å². The molecule has 0 spiro atoms. The molecule has 4 nitrogen and oxygen atoms in total. The second-order valence-electron chi connectivity index (χ2n) is 3.66. The molecule has 1 rings (SSSR count). The van der Waals surface area contributed by atoms with E-state index in [0.717, 1.165) is 0 Å². The van der Waals surface area contributed by atoms with Crippen LogP contribution >= 0.6 is 0 Å². The molecule has 0 saturated heterocycles. The zero-order chi connectivity index (χ0) is 10.1. The number of hydrogen-bond donors (Lipinski definition) is 0. The van der Waals surface area contributed by atoms with Gasteiger partial charge in [0.05, 0.1) is 7.11 Å². The molecule has 4 heteroatoms. The van der Waals surface area contributed by atoms with Gasteiger partial charge in [-0.2, -0.15) is 0 Å². The number of hydrogen-bond acceptors (Lipinski definition) is 4. The summed E-state index contributed by atoms with van der Waals surface area (Å²) >= 11 is 0. The van der Waals surface area contributed by atoms with E-state index in [9.17, 15) is 4.79 Å². The van der Waals surface area contributed by atoms with Crippen LogP contribution in [0.25, 0.3) is 0 Å². The monoisotopic (exact) mass is 185 g/mol. The average molecular weight is 185 g/mol. The number of nitrogens with zero attached hydrogens (tertiary/aromatic N) is 1. The van der Waals surface area contributed by atoms with Gasteiger partial charge in [0.2, 0.25) is 0 Å². The molecule has 1 heterocycles. The Balaban J connectivity index is 2.80. The molecule has 0 unspecified atom stereocenters. The standard InChI is InChI=1S/C9H15NO3/c1-6(2)7-10-9(3,5-13-7)8(11)12-4/h6H,5H2,1-4H3/t9-/m0/s1. The van der Waals surface area contributed by atoms with Crippen LogP contribution in [0, 0.1) is 5.92 Å². The average Bonchev–Trinajstić information content (AvgIpc) is 2.48. The predicted molar refractivity (Wildman–Crippen MR) is 48.6 cm³/mol. The van der Waals surface area contributed by atoms with Gasteiger partial charge in [-0.05, 0) is 6.92 Å². The normalized spacial score (nSPS) is 27.0. The Morgan fingerprint density at radius 3 is 2.69 bits per heavy atom. The van der Waals surface area contributed by atoms with Crippen LogP contribution in [0.2, 0.25) is 0 Å². The molecule has 1 aliphatic heterocycles. The summed E-state index contributed by atoms with van der Waals surface area (Å²) in [4.78, 5) is 15.5. The van der Waals surface area contributed by atoms with Gasteiger partial charge >= 0.3 is 5.97 Å². The van der Waals surface area contributed by atoms with Crippen molar-refractivity contribution in [3.8, 4) is 0 Å². The third kappa shape index (κ3) is 1.82. The van der Waals surface area contributed by atoms with Crippen molar-refractivity contribution in [2.45, 2.75) is 26.3 Å². The number of esters is 1. The molecule has 0 aromatic heterocycles. The Kier molecular flexibility index (Phi) is 2.59. The first-order valence-corrected chi connectivity index (χ1v) is 4.30. The minimum Gasteiger partial charge on any atom is -0.478 e. The van der Waals surface area contributed by atoms with Crippen molar-refractivity contribution in [2.24, 2.45) is 10.9 Å². The first kappa shape index (κ1) is 10.0. The number of aliphatic imine (C=N–C) groups is 1. The number of rotatable bonds is 2. The quantitative estimate of drug-likeness (QED) is 0.603. The number of ether oxygens (including phenoxy) is 2. The minimum atomic E-state index is -0.839. The minimum absolute atomic E-state index is 0.214. The fourth-order valence-electron chi connectivity index (χ4n) is 1.14. The molecule has 74 valence electrons. The lowest BCUT2D eigenvalue weighted by Crippen LogP contribution is -2.35. The van der Waals surface area contributed by atoms with Crippen LogP contribution in [0.1, 0.15) is 20.8 Å². The van der Waals surface area contributed by atoms with Crippen molar-refractivity contribution in [1.82, 2.24) is 0 Å². The predicted octanol–water partition coefficient (Wildman–Crippen LogP) is 1.00. The Morgan fingerprint density at radius 2 is 2.31 bits per heavy atom. The SMILES string of the molecule is COC(=O)[C@]1(C)COC(C(C)C)=N1. The fraction of sp³-hybridized carbons (Fsp3) is 0.778. The summed E-state index contributed by atoms with van der Waals surface area (Å²) in [6.45, 7) is 5.95. The second-order valence-corrected chi connectivity index (χ2v) is 3.66. The molecular formula is C9H15NO3. The van der Waals surface area contributed by atoms with Gasteiger partial charge in [0.1, 0.15) is 6.61 Å². The lowest BCUT2D eigenvalue weighted by molar-refractivity contribution is -0.146. The van der Waals surface area contributed by atoms with Crippen molar-refractivity contribution in [1.29, 1.82) is 0 Å². The van der Waals surface area contributed by atoms with Gasteiger partial charge in [-0.3, -0.25) is 0 Å². The van der Waals surface area contributed by atoms with Crippen LogP contribution < -0.4 is 0 Å². The van der Waals surface area contributed by atoms with Crippen LogP contribution in [-0.4, -0.2) is 31.1 Å². The maximum atomic E-state index is 11.3. The van der Waals surface area contributed by atoms with Gasteiger partial charge in [-0.1, -0.05) is 13.8 Å². The summed E-state index contributed by atoms with van der Waals surface area (Å²) in [5.41, 5.74) is -0.839. The highest BCUT2D eigenvalue weighted by atomic mass is 16.5. The third-order valence-electron chi connectivity index (χ3n) is 1.98. The molecule has 0 bridgehead atoms. The van der Waals surface area contributed by atoms with Gasteiger partial charge in [0.25, 0.3) is 0 Å². The van der Waals surface area contributed by atoms with E-state index < -0.39 is 5.54 Å². The molecule has 0 fully saturated rings. The molecule has 1 atom stereocenters. The molecule has 1 aliphatic rings. The zero-order valence-corrected chi connectivity index (χ0v) is 8.46. The maximum Gasteiger partial charge on any atom is 0.337 e. The van der Waals surface area contributed by atoms with Gasteiger partial charge < -0.3 is 9.47 Å². The van der Waals surface area contributed by atoms with E-state index in [1.165, 1.54) is 7.11 Å². The Labute approximate surface area is 77.9 Å². The lowest BCUT2D eigenvalue weighted by Gasteiger charge is -2.13. The smallest absolute Gasteiger partial charge is 0.337 e. The van der Waals surface area contributed by atoms with Crippen LogP contribution in [0.4, 0.5) is 0 Å². The molecule has 0 aromatic carbocycles. The third-order valence-corrected chi connectivity index (χ3v) is 1.98. The molecule has 0 aliphatic carbocycles. The van der Waals surface area contributed by atoms with E-state index in [2.05, 4.69) is 9.73 Å². The Morgan fingerprint density at radius 1 is 1.69 bits per heavy atom. The van der Waals surface area contributed by atoms with Crippen molar-refractivity contribution in [2.75, 3.05) is 13.7 Å². The highest BCUT2D eigenvalue weighted by Gasteiger charge is 2.40.